The van der Waals surface area contributed by atoms with Gasteiger partial charge in [0.2, 0.25) is 5.88 Å². The Morgan fingerprint density at radius 1 is 1.10 bits per heavy atom. The van der Waals surface area contributed by atoms with Gasteiger partial charge in [-0.05, 0) is 18.2 Å². The van der Waals surface area contributed by atoms with Crippen molar-refractivity contribution in [1.29, 1.82) is 0 Å². The maximum Gasteiger partial charge on any atom is 0.374 e. The molecule has 0 saturated carbocycles. The quantitative estimate of drug-likeness (QED) is 0.697. The third-order valence-electron chi connectivity index (χ3n) is 4.19. The van der Waals surface area contributed by atoms with Gasteiger partial charge in [-0.3, -0.25) is 4.79 Å². The lowest BCUT2D eigenvalue weighted by Crippen LogP contribution is -2.50. The molecule has 1 saturated heterocycles. The summed E-state index contributed by atoms with van der Waals surface area (Å²) in [5.74, 6) is -0.187. The number of aromatic nitrogens is 1. The Hall–Kier alpha value is -3.25. The summed E-state index contributed by atoms with van der Waals surface area (Å²) in [5, 5.41) is 2.62. The van der Waals surface area contributed by atoms with E-state index in [0.717, 1.165) is 0 Å². The number of para-hydroxylation sites is 1. The van der Waals surface area contributed by atoms with Gasteiger partial charge in [-0.25, -0.2) is 9.78 Å². The minimum atomic E-state index is -4.75. The Bertz CT molecular complexity index is 1010. The molecule has 0 unspecified atom stereocenters. The molecule has 1 aliphatic heterocycles. The number of amides is 3. The van der Waals surface area contributed by atoms with Gasteiger partial charge in [-0.1, -0.05) is 16.0 Å². The van der Waals surface area contributed by atoms with E-state index in [1.165, 1.54) is 23.2 Å². The maximum absolute atomic E-state index is 12.9. The van der Waals surface area contributed by atoms with Gasteiger partial charge >= 0.3 is 16.4 Å². The van der Waals surface area contributed by atoms with Crippen molar-refractivity contribution in [3.05, 3.63) is 48.2 Å². The van der Waals surface area contributed by atoms with Gasteiger partial charge in [0, 0.05) is 32.2 Å². The summed E-state index contributed by atoms with van der Waals surface area (Å²) in [6.07, 6.45) is 1.36. The summed E-state index contributed by atoms with van der Waals surface area (Å²) in [4.78, 5) is 29.1. The number of nitrogens with zero attached hydrogens (tertiary/aromatic N) is 3. The zero-order chi connectivity index (χ0) is 21.0. The molecule has 3 amide bonds. The molecule has 1 aliphatic rings. The number of nitrogens with two attached hydrogens (primary N) is 1. The zero-order valence-electron chi connectivity index (χ0n) is 15.1. The van der Waals surface area contributed by atoms with Crippen molar-refractivity contribution < 1.29 is 26.6 Å². The number of hydrogen-bond acceptors (Lipinski definition) is 6. The second kappa shape index (κ2) is 8.41. The van der Waals surface area contributed by atoms with Gasteiger partial charge in [0.05, 0.1) is 17.4 Å². The Balaban J connectivity index is 1.59. The predicted octanol–water partition coefficient (Wildman–Crippen LogP) is 1.34. The molecule has 1 fully saturated rings. The van der Waals surface area contributed by atoms with Crippen molar-refractivity contribution in [2.75, 3.05) is 31.5 Å². The van der Waals surface area contributed by atoms with Gasteiger partial charge in [-0.15, -0.1) is 0 Å². The average molecular weight is 423 g/mol. The molecular weight excluding hydrogens is 405 g/mol. The molecule has 2 heterocycles. The lowest BCUT2D eigenvalue weighted by molar-refractivity contribution is 0.0998. The second-order valence-corrected chi connectivity index (χ2v) is 7.45. The number of benzene rings is 1. The number of carbonyl (C=O) groups excluding carboxylic acids is 2. The molecule has 10 nitrogen and oxygen atoms in total. The number of primary amides is 1. The van der Waals surface area contributed by atoms with Crippen LogP contribution < -0.4 is 15.8 Å². The summed E-state index contributed by atoms with van der Waals surface area (Å²) >= 11 is 0. The van der Waals surface area contributed by atoms with E-state index >= 15 is 0 Å². The highest BCUT2D eigenvalue weighted by molar-refractivity contribution is 7.83. The fourth-order valence-electron chi connectivity index (χ4n) is 2.70. The summed E-state index contributed by atoms with van der Waals surface area (Å²) in [6, 6.07) is 9.03. The van der Waals surface area contributed by atoms with Crippen molar-refractivity contribution in [2.24, 2.45) is 5.73 Å². The molecule has 1 aromatic heterocycles. The van der Waals surface area contributed by atoms with Crippen molar-refractivity contribution in [2.45, 2.75) is 0 Å². The molecule has 0 atom stereocenters. The van der Waals surface area contributed by atoms with Gasteiger partial charge < -0.3 is 20.7 Å². The first kappa shape index (κ1) is 20.5. The van der Waals surface area contributed by atoms with Crippen LogP contribution in [0.5, 0.6) is 11.6 Å². The monoisotopic (exact) mass is 423 g/mol. The third-order valence-corrected chi connectivity index (χ3v) is 5.17. The summed E-state index contributed by atoms with van der Waals surface area (Å²) in [5.41, 5.74) is 5.89. The van der Waals surface area contributed by atoms with Gasteiger partial charge in [-0.2, -0.15) is 12.7 Å². The molecule has 29 heavy (non-hydrogen) atoms. The molecule has 12 heteroatoms. The standard InChI is InChI=1S/C17H18FN5O5S/c18-29(26,27)23-9-7-22(8-10-23)17(25)21-12-5-6-15(20-11-12)28-14-4-2-1-3-13(14)16(19)24/h1-6,11H,7-10H2,(H2,19,24)(H,21,25). The van der Waals surface area contributed by atoms with E-state index in [9.17, 15) is 21.9 Å². The van der Waals surface area contributed by atoms with E-state index in [1.807, 2.05) is 0 Å². The number of anilines is 1. The normalized spacial score (nSPS) is 15.0. The van der Waals surface area contributed by atoms with Crippen LogP contribution in [0.4, 0.5) is 14.4 Å². The highest BCUT2D eigenvalue weighted by Gasteiger charge is 2.28. The lowest BCUT2D eigenvalue weighted by atomic mass is 10.2. The van der Waals surface area contributed by atoms with Gasteiger partial charge in [0.15, 0.2) is 0 Å². The molecule has 0 aliphatic carbocycles. The number of hydrogen-bond donors (Lipinski definition) is 2. The molecule has 3 N–H and O–H groups in total. The van der Waals surface area contributed by atoms with Crippen molar-refractivity contribution in [3.63, 3.8) is 0 Å². The first-order chi connectivity index (χ1) is 13.7. The van der Waals surface area contributed by atoms with Crippen LogP contribution in [0.3, 0.4) is 0 Å². The van der Waals surface area contributed by atoms with Crippen LogP contribution in [0.25, 0.3) is 0 Å². The largest absolute Gasteiger partial charge is 0.438 e. The molecule has 0 bridgehead atoms. The van der Waals surface area contributed by atoms with Crippen LogP contribution in [-0.2, 0) is 10.4 Å². The van der Waals surface area contributed by atoms with Gasteiger partial charge in [0.25, 0.3) is 5.91 Å². The highest BCUT2D eigenvalue weighted by Crippen LogP contribution is 2.24. The van der Waals surface area contributed by atoms with E-state index in [1.54, 1.807) is 24.3 Å². The van der Waals surface area contributed by atoms with Crippen molar-refractivity contribution >= 4 is 28.0 Å². The van der Waals surface area contributed by atoms with Crippen LogP contribution in [0, 0.1) is 0 Å². The average Bonchev–Trinajstić information content (AvgIpc) is 2.69. The maximum atomic E-state index is 12.9. The lowest BCUT2D eigenvalue weighted by Gasteiger charge is -2.31. The number of halogens is 1. The summed E-state index contributed by atoms with van der Waals surface area (Å²) in [6.45, 7) is -0.103. The molecule has 1 aromatic carbocycles. The van der Waals surface area contributed by atoms with E-state index in [-0.39, 0.29) is 43.4 Å². The van der Waals surface area contributed by atoms with Crippen LogP contribution in [-0.4, -0.2) is 60.7 Å². The number of piperazine rings is 1. The van der Waals surface area contributed by atoms with Crippen LogP contribution in [0.1, 0.15) is 10.4 Å². The fourth-order valence-corrected chi connectivity index (χ4v) is 3.30. The van der Waals surface area contributed by atoms with E-state index in [2.05, 4.69) is 10.3 Å². The Labute approximate surface area is 166 Å². The first-order valence-electron chi connectivity index (χ1n) is 8.52. The SMILES string of the molecule is NC(=O)c1ccccc1Oc1ccc(NC(=O)N2CCN(S(=O)(=O)F)CC2)cn1. The molecule has 154 valence electrons. The zero-order valence-corrected chi connectivity index (χ0v) is 15.9. The molecular formula is C17H18FN5O5S. The number of pyridine rings is 1. The number of rotatable bonds is 5. The smallest absolute Gasteiger partial charge is 0.374 e. The Morgan fingerprint density at radius 2 is 1.79 bits per heavy atom. The van der Waals surface area contributed by atoms with E-state index in [0.29, 0.717) is 9.99 Å². The van der Waals surface area contributed by atoms with Crippen LogP contribution in [0.15, 0.2) is 42.6 Å². The predicted molar refractivity (Wildman–Crippen MR) is 101 cm³/mol. The molecule has 3 rings (SSSR count). The van der Waals surface area contributed by atoms with Crippen molar-refractivity contribution in [1.82, 2.24) is 14.2 Å². The molecule has 0 spiro atoms. The highest BCUT2D eigenvalue weighted by atomic mass is 32.3. The summed E-state index contributed by atoms with van der Waals surface area (Å²) < 4.78 is 40.9. The topological polar surface area (TPSA) is 135 Å². The molecule has 0 radical (unpaired) electrons. The van der Waals surface area contributed by atoms with E-state index < -0.39 is 22.3 Å². The number of nitrogens with one attached hydrogen (secondary N) is 1. The Kier molecular flexibility index (Phi) is 5.94. The van der Waals surface area contributed by atoms with Crippen LogP contribution in [0.2, 0.25) is 0 Å². The van der Waals surface area contributed by atoms with E-state index in [4.69, 9.17) is 10.5 Å². The number of ether oxygens (including phenoxy) is 1. The van der Waals surface area contributed by atoms with Crippen LogP contribution >= 0.6 is 0 Å². The third kappa shape index (κ3) is 5.18. The Morgan fingerprint density at radius 3 is 2.38 bits per heavy atom. The van der Waals surface area contributed by atoms with Gasteiger partial charge in [0.1, 0.15) is 5.75 Å². The minimum Gasteiger partial charge on any atom is -0.438 e. The van der Waals surface area contributed by atoms with Crippen molar-refractivity contribution in [3.8, 4) is 11.6 Å². The number of carbonyl (C=O) groups is 2. The molecule has 2 aromatic rings. The number of urea groups is 1. The minimum absolute atomic E-state index is 0.0630. The summed E-state index contributed by atoms with van der Waals surface area (Å²) in [7, 11) is -4.75. The fraction of sp³-hybridized carbons (Fsp3) is 0.235. The second-order valence-electron chi connectivity index (χ2n) is 6.11. The first-order valence-corrected chi connectivity index (χ1v) is 9.86.